The lowest BCUT2D eigenvalue weighted by Gasteiger charge is -2.23. The van der Waals surface area contributed by atoms with Crippen LogP contribution < -0.4 is 5.56 Å². The molecule has 122 valence electrons. The maximum absolute atomic E-state index is 12.6. The number of rotatable bonds is 2. The molecule has 0 aliphatic carbocycles. The third-order valence-corrected chi connectivity index (χ3v) is 4.99. The van der Waals surface area contributed by atoms with Crippen LogP contribution in [0.5, 0.6) is 0 Å². The van der Waals surface area contributed by atoms with Gasteiger partial charge in [-0.05, 0) is 50.7 Å². The van der Waals surface area contributed by atoms with E-state index in [2.05, 4.69) is 21.4 Å². The SMILES string of the molecule is CC(N(C)C)n1c2ccc(Cl)cc2c2c3ccccc3c(=O)[nH]c21. The molecule has 1 N–H and O–H groups in total. The first-order chi connectivity index (χ1) is 11.5. The number of pyridine rings is 1. The van der Waals surface area contributed by atoms with Gasteiger partial charge in [0.1, 0.15) is 5.65 Å². The summed E-state index contributed by atoms with van der Waals surface area (Å²) in [5.74, 6) is 0. The van der Waals surface area contributed by atoms with Crippen LogP contribution in [-0.2, 0) is 0 Å². The molecular formula is C19H18ClN3O. The Kier molecular flexibility index (Phi) is 3.41. The maximum Gasteiger partial charge on any atom is 0.257 e. The molecular weight excluding hydrogens is 322 g/mol. The first-order valence-electron chi connectivity index (χ1n) is 7.89. The summed E-state index contributed by atoms with van der Waals surface area (Å²) in [5.41, 5.74) is 1.82. The summed E-state index contributed by atoms with van der Waals surface area (Å²) < 4.78 is 2.16. The number of fused-ring (bicyclic) bond motifs is 5. The molecule has 4 nitrogen and oxygen atoms in total. The highest BCUT2D eigenvalue weighted by molar-refractivity contribution is 6.32. The molecule has 0 aliphatic rings. The average Bonchev–Trinajstić information content (AvgIpc) is 2.87. The number of nitrogens with one attached hydrogen (secondary N) is 1. The van der Waals surface area contributed by atoms with Crippen LogP contribution in [0.4, 0.5) is 0 Å². The van der Waals surface area contributed by atoms with Crippen molar-refractivity contribution in [1.29, 1.82) is 0 Å². The maximum atomic E-state index is 12.6. The van der Waals surface area contributed by atoms with E-state index in [9.17, 15) is 4.79 Å². The summed E-state index contributed by atoms with van der Waals surface area (Å²) in [4.78, 5) is 17.8. The monoisotopic (exact) mass is 339 g/mol. The van der Waals surface area contributed by atoms with E-state index in [-0.39, 0.29) is 11.7 Å². The van der Waals surface area contributed by atoms with Crippen LogP contribution >= 0.6 is 11.6 Å². The van der Waals surface area contributed by atoms with Crippen LogP contribution in [0.1, 0.15) is 13.1 Å². The molecule has 4 aromatic rings. The van der Waals surface area contributed by atoms with Gasteiger partial charge in [-0.1, -0.05) is 29.8 Å². The van der Waals surface area contributed by atoms with Gasteiger partial charge in [-0.3, -0.25) is 9.69 Å². The van der Waals surface area contributed by atoms with Crippen LogP contribution in [0.3, 0.4) is 0 Å². The zero-order valence-electron chi connectivity index (χ0n) is 13.8. The number of halogens is 1. The molecule has 1 unspecified atom stereocenters. The summed E-state index contributed by atoms with van der Waals surface area (Å²) in [6.45, 7) is 2.11. The molecule has 0 fully saturated rings. The van der Waals surface area contributed by atoms with Crippen molar-refractivity contribution in [2.45, 2.75) is 13.1 Å². The van der Waals surface area contributed by atoms with Gasteiger partial charge in [-0.2, -0.15) is 0 Å². The smallest absolute Gasteiger partial charge is 0.257 e. The molecule has 0 saturated carbocycles. The third-order valence-electron chi connectivity index (χ3n) is 4.76. The second-order valence-corrected chi connectivity index (χ2v) is 6.79. The van der Waals surface area contributed by atoms with Gasteiger partial charge in [0.15, 0.2) is 0 Å². The number of nitrogens with zero attached hydrogens (tertiary/aromatic N) is 2. The first kappa shape index (κ1) is 15.2. The summed E-state index contributed by atoms with van der Waals surface area (Å²) in [6.07, 6.45) is 0.0861. The first-order valence-corrected chi connectivity index (χ1v) is 8.27. The van der Waals surface area contributed by atoms with Crippen molar-refractivity contribution in [1.82, 2.24) is 14.5 Å². The number of aromatic amines is 1. The number of benzene rings is 2. The van der Waals surface area contributed by atoms with Crippen molar-refractivity contribution in [3.8, 4) is 0 Å². The highest BCUT2D eigenvalue weighted by Gasteiger charge is 2.20. The Balaban J connectivity index is 2.32. The molecule has 0 amide bonds. The van der Waals surface area contributed by atoms with Crippen molar-refractivity contribution < 1.29 is 0 Å². The Morgan fingerprint density at radius 2 is 1.79 bits per heavy atom. The Labute approximate surface area is 144 Å². The van der Waals surface area contributed by atoms with Gasteiger partial charge in [-0.25, -0.2) is 0 Å². The molecule has 1 atom stereocenters. The van der Waals surface area contributed by atoms with Gasteiger partial charge in [0.05, 0.1) is 11.7 Å². The topological polar surface area (TPSA) is 41.0 Å². The Hall–Kier alpha value is -2.30. The predicted molar refractivity (Wildman–Crippen MR) is 101 cm³/mol. The van der Waals surface area contributed by atoms with E-state index in [4.69, 9.17) is 11.6 Å². The van der Waals surface area contributed by atoms with E-state index in [1.165, 1.54) is 0 Å². The molecule has 0 radical (unpaired) electrons. The number of hydrogen-bond acceptors (Lipinski definition) is 2. The molecule has 0 aliphatic heterocycles. The van der Waals surface area contributed by atoms with Crippen LogP contribution in [-0.4, -0.2) is 28.5 Å². The van der Waals surface area contributed by atoms with Gasteiger partial charge in [0.2, 0.25) is 0 Å². The zero-order valence-corrected chi connectivity index (χ0v) is 14.6. The standard InChI is InChI=1S/C19H18ClN3O/c1-11(22(2)3)23-16-9-8-12(20)10-15(16)17-13-6-4-5-7-14(13)19(24)21-18(17)23/h4-11H,1-3H3,(H,21,24). The largest absolute Gasteiger partial charge is 0.311 e. The second-order valence-electron chi connectivity index (χ2n) is 6.35. The molecule has 5 heteroatoms. The fourth-order valence-electron chi connectivity index (χ4n) is 3.38. The Morgan fingerprint density at radius 1 is 1.08 bits per heavy atom. The van der Waals surface area contributed by atoms with Crippen molar-refractivity contribution in [2.24, 2.45) is 0 Å². The Morgan fingerprint density at radius 3 is 2.50 bits per heavy atom. The van der Waals surface area contributed by atoms with Crippen LogP contribution in [0.15, 0.2) is 47.3 Å². The van der Waals surface area contributed by atoms with E-state index in [1.807, 2.05) is 56.6 Å². The van der Waals surface area contributed by atoms with Crippen molar-refractivity contribution in [3.63, 3.8) is 0 Å². The highest BCUT2D eigenvalue weighted by Crippen LogP contribution is 2.35. The van der Waals surface area contributed by atoms with Crippen LogP contribution in [0.25, 0.3) is 32.7 Å². The van der Waals surface area contributed by atoms with E-state index in [0.29, 0.717) is 10.4 Å². The van der Waals surface area contributed by atoms with E-state index in [1.54, 1.807) is 0 Å². The Bertz CT molecular complexity index is 1140. The lowest BCUT2D eigenvalue weighted by molar-refractivity contribution is 0.249. The quantitative estimate of drug-likeness (QED) is 0.589. The fourth-order valence-corrected chi connectivity index (χ4v) is 3.55. The van der Waals surface area contributed by atoms with E-state index < -0.39 is 0 Å². The van der Waals surface area contributed by atoms with Crippen LogP contribution in [0.2, 0.25) is 5.02 Å². The normalized spacial score (nSPS) is 13.4. The van der Waals surface area contributed by atoms with Crippen molar-refractivity contribution >= 4 is 44.3 Å². The molecule has 0 saturated heterocycles. The lowest BCUT2D eigenvalue weighted by Crippen LogP contribution is -2.23. The van der Waals surface area contributed by atoms with Crippen molar-refractivity contribution in [3.05, 3.63) is 57.8 Å². The molecule has 2 aromatic heterocycles. The van der Waals surface area contributed by atoms with Gasteiger partial charge in [0, 0.05) is 21.2 Å². The van der Waals surface area contributed by atoms with E-state index >= 15 is 0 Å². The number of aromatic nitrogens is 2. The lowest BCUT2D eigenvalue weighted by atomic mass is 10.1. The predicted octanol–water partition coefficient (Wildman–Crippen LogP) is 4.37. The summed E-state index contributed by atoms with van der Waals surface area (Å²) >= 11 is 6.26. The highest BCUT2D eigenvalue weighted by atomic mass is 35.5. The van der Waals surface area contributed by atoms with Gasteiger partial charge in [0.25, 0.3) is 5.56 Å². The van der Waals surface area contributed by atoms with Gasteiger partial charge < -0.3 is 9.55 Å². The van der Waals surface area contributed by atoms with Gasteiger partial charge in [-0.15, -0.1) is 0 Å². The van der Waals surface area contributed by atoms with Crippen LogP contribution in [0, 0.1) is 0 Å². The molecule has 2 aromatic carbocycles. The van der Waals surface area contributed by atoms with Crippen molar-refractivity contribution in [2.75, 3.05) is 14.1 Å². The minimum Gasteiger partial charge on any atom is -0.311 e. The molecule has 4 rings (SSSR count). The fraction of sp³-hybridized carbons (Fsp3) is 0.211. The second kappa shape index (κ2) is 5.36. The molecule has 0 bridgehead atoms. The summed E-state index contributed by atoms with van der Waals surface area (Å²) in [7, 11) is 4.05. The molecule has 2 heterocycles. The summed E-state index contributed by atoms with van der Waals surface area (Å²) in [5, 5.41) is 4.43. The zero-order chi connectivity index (χ0) is 17.0. The van der Waals surface area contributed by atoms with Gasteiger partial charge >= 0.3 is 0 Å². The minimum absolute atomic E-state index is 0.0702. The average molecular weight is 340 g/mol. The van der Waals surface area contributed by atoms with E-state index in [0.717, 1.165) is 27.3 Å². The molecule has 0 spiro atoms. The minimum atomic E-state index is -0.0702. The summed E-state index contributed by atoms with van der Waals surface area (Å²) in [6, 6.07) is 13.6. The third kappa shape index (κ3) is 2.07. The molecule has 24 heavy (non-hydrogen) atoms. The number of hydrogen-bond donors (Lipinski definition) is 1. The number of H-pyrrole nitrogens is 1.